The number of pyridine rings is 1. The molecule has 0 aromatic carbocycles. The molecule has 23 heavy (non-hydrogen) atoms. The zero-order valence-electron chi connectivity index (χ0n) is 13.5. The molecule has 2 heterocycles. The van der Waals surface area contributed by atoms with E-state index in [0.717, 1.165) is 69.2 Å². The molecule has 0 unspecified atom stereocenters. The second-order valence-electron chi connectivity index (χ2n) is 6.50. The molecule has 1 saturated heterocycles. The number of hydrogen-bond donors (Lipinski definition) is 1. The molecule has 1 aliphatic heterocycles. The summed E-state index contributed by atoms with van der Waals surface area (Å²) in [6.45, 7) is 6.76. The second kappa shape index (κ2) is 8.08. The van der Waals surface area contributed by atoms with Crippen molar-refractivity contribution in [2.24, 2.45) is 5.92 Å². The molecule has 0 bridgehead atoms. The minimum atomic E-state index is 0.252. The molecule has 1 aliphatic carbocycles. The summed E-state index contributed by atoms with van der Waals surface area (Å²) in [4.78, 5) is 20.7. The van der Waals surface area contributed by atoms with Crippen molar-refractivity contribution in [3.8, 4) is 0 Å². The van der Waals surface area contributed by atoms with E-state index in [1.54, 1.807) is 12.4 Å². The van der Waals surface area contributed by atoms with Gasteiger partial charge in [-0.25, -0.2) is 0 Å². The molecule has 3 rings (SSSR count). The zero-order chi connectivity index (χ0) is 16.1. The largest absolute Gasteiger partial charge is 0.355 e. The topological polar surface area (TPSA) is 48.5 Å². The Bertz CT molecular complexity index is 527. The first kappa shape index (κ1) is 16.7. The quantitative estimate of drug-likeness (QED) is 0.860. The van der Waals surface area contributed by atoms with Crippen molar-refractivity contribution in [2.45, 2.75) is 25.8 Å². The van der Waals surface area contributed by atoms with Crippen LogP contribution in [0.25, 0.3) is 0 Å². The normalized spacial score (nSPS) is 20.2. The summed E-state index contributed by atoms with van der Waals surface area (Å²) in [5.74, 6) is 0.541. The fraction of sp³-hybridized carbons (Fsp3) is 0.647. The summed E-state index contributed by atoms with van der Waals surface area (Å²) < 4.78 is 0. The van der Waals surface area contributed by atoms with Crippen LogP contribution in [0.2, 0.25) is 5.02 Å². The van der Waals surface area contributed by atoms with Crippen LogP contribution in [0.1, 0.15) is 24.8 Å². The fourth-order valence-corrected chi connectivity index (χ4v) is 3.28. The molecule has 2 fully saturated rings. The van der Waals surface area contributed by atoms with Gasteiger partial charge in [-0.05, 0) is 24.5 Å². The van der Waals surface area contributed by atoms with Crippen LogP contribution in [0.3, 0.4) is 0 Å². The first-order chi connectivity index (χ1) is 11.2. The van der Waals surface area contributed by atoms with Gasteiger partial charge in [-0.15, -0.1) is 0 Å². The number of carbonyl (C=O) groups excluding carboxylic acids is 1. The Morgan fingerprint density at radius 1 is 1.26 bits per heavy atom. The average molecular weight is 337 g/mol. The van der Waals surface area contributed by atoms with Crippen LogP contribution in [-0.2, 0) is 11.3 Å². The smallest absolute Gasteiger partial charge is 0.223 e. The van der Waals surface area contributed by atoms with Crippen molar-refractivity contribution >= 4 is 17.5 Å². The minimum absolute atomic E-state index is 0.252. The van der Waals surface area contributed by atoms with E-state index in [1.807, 2.05) is 6.07 Å². The van der Waals surface area contributed by atoms with Crippen LogP contribution in [-0.4, -0.2) is 60.0 Å². The maximum absolute atomic E-state index is 11.8. The number of carbonyl (C=O) groups is 1. The van der Waals surface area contributed by atoms with E-state index in [2.05, 4.69) is 20.1 Å². The molecule has 1 amide bonds. The molecule has 2 aliphatic rings. The van der Waals surface area contributed by atoms with Crippen LogP contribution in [0, 0.1) is 5.92 Å². The molecule has 5 nitrogen and oxygen atoms in total. The van der Waals surface area contributed by atoms with Crippen molar-refractivity contribution in [3.05, 3.63) is 29.0 Å². The molecule has 1 N–H and O–H groups in total. The lowest BCUT2D eigenvalue weighted by Crippen LogP contribution is -2.48. The molecule has 0 spiro atoms. The lowest BCUT2D eigenvalue weighted by Gasteiger charge is -2.35. The summed E-state index contributed by atoms with van der Waals surface area (Å²) in [7, 11) is 0. The first-order valence-corrected chi connectivity index (χ1v) is 8.91. The highest BCUT2D eigenvalue weighted by atomic mass is 35.5. The number of nitrogens with zero attached hydrogens (tertiary/aromatic N) is 3. The van der Waals surface area contributed by atoms with Crippen LogP contribution in [0.4, 0.5) is 0 Å². The number of rotatable bonds is 6. The van der Waals surface area contributed by atoms with Gasteiger partial charge in [-0.3, -0.25) is 19.6 Å². The highest BCUT2D eigenvalue weighted by Gasteiger charge is 2.25. The Morgan fingerprint density at radius 3 is 2.65 bits per heavy atom. The summed E-state index contributed by atoms with van der Waals surface area (Å²) in [6.07, 6.45) is 6.85. The molecule has 1 saturated carbocycles. The van der Waals surface area contributed by atoms with Crippen molar-refractivity contribution < 1.29 is 4.79 Å². The maximum Gasteiger partial charge on any atom is 0.223 e. The van der Waals surface area contributed by atoms with Gasteiger partial charge in [0.15, 0.2) is 0 Å². The van der Waals surface area contributed by atoms with E-state index in [0.29, 0.717) is 0 Å². The average Bonchev–Trinajstić information content (AvgIpc) is 2.49. The number of nitrogens with one attached hydrogen (secondary N) is 1. The number of aromatic nitrogens is 1. The predicted molar refractivity (Wildman–Crippen MR) is 91.3 cm³/mol. The van der Waals surface area contributed by atoms with Gasteiger partial charge < -0.3 is 5.32 Å². The number of hydrogen-bond acceptors (Lipinski definition) is 4. The Balaban J connectivity index is 1.34. The van der Waals surface area contributed by atoms with E-state index >= 15 is 0 Å². The van der Waals surface area contributed by atoms with Gasteiger partial charge in [0.1, 0.15) is 0 Å². The summed E-state index contributed by atoms with van der Waals surface area (Å²) in [5.41, 5.74) is 1.14. The monoisotopic (exact) mass is 336 g/mol. The van der Waals surface area contributed by atoms with E-state index in [9.17, 15) is 4.79 Å². The molecule has 1 aromatic heterocycles. The molecular formula is C17H25ClN4O. The van der Waals surface area contributed by atoms with Gasteiger partial charge in [-0.1, -0.05) is 18.0 Å². The van der Waals surface area contributed by atoms with Crippen molar-refractivity contribution in [1.29, 1.82) is 0 Å². The summed E-state index contributed by atoms with van der Waals surface area (Å²) in [5, 5.41) is 3.82. The number of piperazine rings is 1. The summed E-state index contributed by atoms with van der Waals surface area (Å²) in [6, 6.07) is 1.99. The molecule has 0 radical (unpaired) electrons. The third-order valence-corrected chi connectivity index (χ3v) is 5.26. The lowest BCUT2D eigenvalue weighted by molar-refractivity contribution is -0.127. The van der Waals surface area contributed by atoms with Gasteiger partial charge >= 0.3 is 0 Å². The maximum atomic E-state index is 11.8. The Kier molecular flexibility index (Phi) is 5.86. The van der Waals surface area contributed by atoms with E-state index in [4.69, 9.17) is 11.6 Å². The third kappa shape index (κ3) is 4.66. The van der Waals surface area contributed by atoms with Gasteiger partial charge in [0.05, 0.1) is 5.02 Å². The first-order valence-electron chi connectivity index (χ1n) is 8.53. The second-order valence-corrected chi connectivity index (χ2v) is 6.91. The Morgan fingerprint density at radius 2 is 2.00 bits per heavy atom. The standard InChI is InChI=1S/C17H25ClN4O/c18-16-12-19-5-4-15(16)13-22-10-8-21(9-11-22)7-6-20-17(23)14-2-1-3-14/h4-5,12,14H,1-3,6-11,13H2,(H,20,23). The lowest BCUT2D eigenvalue weighted by atomic mass is 9.85. The van der Waals surface area contributed by atoms with Crippen molar-refractivity contribution in [1.82, 2.24) is 20.1 Å². The molecule has 6 heteroatoms. The highest BCUT2D eigenvalue weighted by Crippen LogP contribution is 2.26. The van der Waals surface area contributed by atoms with Gasteiger partial charge in [0.25, 0.3) is 0 Å². The van der Waals surface area contributed by atoms with E-state index in [1.165, 1.54) is 6.42 Å². The molecule has 126 valence electrons. The molecular weight excluding hydrogens is 312 g/mol. The highest BCUT2D eigenvalue weighted by molar-refractivity contribution is 6.31. The van der Waals surface area contributed by atoms with E-state index < -0.39 is 0 Å². The van der Waals surface area contributed by atoms with Crippen molar-refractivity contribution in [2.75, 3.05) is 39.3 Å². The van der Waals surface area contributed by atoms with Crippen LogP contribution < -0.4 is 5.32 Å². The zero-order valence-corrected chi connectivity index (χ0v) is 14.3. The third-order valence-electron chi connectivity index (χ3n) is 4.92. The minimum Gasteiger partial charge on any atom is -0.355 e. The molecule has 0 atom stereocenters. The van der Waals surface area contributed by atoms with Gasteiger partial charge in [0.2, 0.25) is 5.91 Å². The Hall–Kier alpha value is -1.17. The predicted octanol–water partition coefficient (Wildman–Crippen LogP) is 1.77. The molecule has 1 aromatic rings. The number of halogens is 1. The summed E-state index contributed by atoms with van der Waals surface area (Å²) >= 11 is 6.17. The van der Waals surface area contributed by atoms with Crippen LogP contribution in [0.15, 0.2) is 18.5 Å². The van der Waals surface area contributed by atoms with E-state index in [-0.39, 0.29) is 11.8 Å². The SMILES string of the molecule is O=C(NCCN1CCN(Cc2ccncc2Cl)CC1)C1CCC1. The van der Waals surface area contributed by atoms with Crippen LogP contribution in [0.5, 0.6) is 0 Å². The van der Waals surface area contributed by atoms with Gasteiger partial charge in [-0.2, -0.15) is 0 Å². The van der Waals surface area contributed by atoms with Crippen molar-refractivity contribution in [3.63, 3.8) is 0 Å². The van der Waals surface area contributed by atoms with Crippen LogP contribution >= 0.6 is 11.6 Å². The van der Waals surface area contributed by atoms with Gasteiger partial charge in [0, 0.05) is 64.1 Å². The number of amides is 1. The fourth-order valence-electron chi connectivity index (χ4n) is 3.10. The Labute approximate surface area is 143 Å².